The number of anilines is 1. The minimum atomic E-state index is 0.0985. The van der Waals surface area contributed by atoms with Crippen LogP contribution in [0.3, 0.4) is 0 Å². The molecular weight excluding hydrogens is 196 g/mol. The van der Waals surface area contributed by atoms with Crippen molar-refractivity contribution in [1.29, 1.82) is 0 Å². The highest BCUT2D eigenvalue weighted by Crippen LogP contribution is 1.98. The Balaban J connectivity index is 2.32. The zero-order chi connectivity index (χ0) is 11.1. The monoisotopic (exact) mass is 214 g/mol. The quantitative estimate of drug-likeness (QED) is 0.528. The van der Waals surface area contributed by atoms with Crippen LogP contribution in [0.5, 0.6) is 0 Å². The largest absolute Gasteiger partial charge is 0.396 e. The highest BCUT2D eigenvalue weighted by molar-refractivity contribution is 5.30. The van der Waals surface area contributed by atoms with E-state index >= 15 is 0 Å². The SMILES string of the molecule is Nc1cnn(CCN(CCO)CCO)c1. The van der Waals surface area contributed by atoms with Crippen LogP contribution in [0, 0.1) is 0 Å². The van der Waals surface area contributed by atoms with Gasteiger partial charge < -0.3 is 15.9 Å². The number of aliphatic hydroxyl groups excluding tert-OH is 2. The van der Waals surface area contributed by atoms with Gasteiger partial charge >= 0.3 is 0 Å². The molecule has 0 bridgehead atoms. The van der Waals surface area contributed by atoms with Crippen LogP contribution >= 0.6 is 0 Å². The lowest BCUT2D eigenvalue weighted by molar-refractivity contribution is 0.156. The highest BCUT2D eigenvalue weighted by atomic mass is 16.3. The molecule has 0 aliphatic heterocycles. The van der Waals surface area contributed by atoms with Gasteiger partial charge in [0.1, 0.15) is 0 Å². The maximum absolute atomic E-state index is 8.80. The molecule has 0 aliphatic carbocycles. The van der Waals surface area contributed by atoms with Crippen molar-refractivity contribution in [2.75, 3.05) is 38.6 Å². The first-order valence-corrected chi connectivity index (χ1v) is 4.98. The van der Waals surface area contributed by atoms with E-state index in [4.69, 9.17) is 15.9 Å². The van der Waals surface area contributed by atoms with Crippen LogP contribution < -0.4 is 5.73 Å². The number of aromatic nitrogens is 2. The van der Waals surface area contributed by atoms with Gasteiger partial charge in [0.2, 0.25) is 0 Å². The number of aliphatic hydroxyl groups is 2. The Hall–Kier alpha value is -1.11. The second-order valence-electron chi connectivity index (χ2n) is 3.33. The summed E-state index contributed by atoms with van der Waals surface area (Å²) in [5, 5.41) is 21.6. The van der Waals surface area contributed by atoms with Crippen LogP contribution in [0.1, 0.15) is 0 Å². The Kier molecular flexibility index (Phi) is 5.09. The number of hydrogen-bond donors (Lipinski definition) is 3. The summed E-state index contributed by atoms with van der Waals surface area (Å²) in [5.74, 6) is 0. The zero-order valence-electron chi connectivity index (χ0n) is 8.71. The molecule has 0 amide bonds. The fourth-order valence-corrected chi connectivity index (χ4v) is 1.36. The molecule has 0 radical (unpaired) electrons. The van der Waals surface area contributed by atoms with Gasteiger partial charge in [0.15, 0.2) is 0 Å². The molecule has 15 heavy (non-hydrogen) atoms. The molecule has 86 valence electrons. The zero-order valence-corrected chi connectivity index (χ0v) is 8.71. The Morgan fingerprint density at radius 2 is 1.93 bits per heavy atom. The van der Waals surface area contributed by atoms with Crippen molar-refractivity contribution in [3.63, 3.8) is 0 Å². The normalized spacial score (nSPS) is 11.1. The molecule has 0 fully saturated rings. The lowest BCUT2D eigenvalue weighted by Crippen LogP contribution is -2.32. The smallest absolute Gasteiger partial charge is 0.0719 e. The molecule has 6 heteroatoms. The lowest BCUT2D eigenvalue weighted by Gasteiger charge is -2.19. The Labute approximate surface area is 88.9 Å². The first-order chi connectivity index (χ1) is 7.26. The van der Waals surface area contributed by atoms with Crippen LogP contribution in [0.4, 0.5) is 5.69 Å². The second kappa shape index (κ2) is 6.39. The van der Waals surface area contributed by atoms with Gasteiger partial charge in [0.05, 0.1) is 31.6 Å². The summed E-state index contributed by atoms with van der Waals surface area (Å²) in [5.41, 5.74) is 6.17. The molecule has 1 aromatic heterocycles. The predicted molar refractivity (Wildman–Crippen MR) is 57.3 cm³/mol. The van der Waals surface area contributed by atoms with Crippen molar-refractivity contribution >= 4 is 5.69 Å². The average Bonchev–Trinajstić information content (AvgIpc) is 2.61. The summed E-state index contributed by atoms with van der Waals surface area (Å²) < 4.78 is 1.75. The van der Waals surface area contributed by atoms with E-state index < -0.39 is 0 Å². The fraction of sp³-hybridized carbons (Fsp3) is 0.667. The van der Waals surface area contributed by atoms with E-state index in [2.05, 4.69) is 5.10 Å². The molecule has 0 unspecified atom stereocenters. The van der Waals surface area contributed by atoms with E-state index in [-0.39, 0.29) is 13.2 Å². The van der Waals surface area contributed by atoms with Crippen LogP contribution in [-0.4, -0.2) is 57.7 Å². The number of nitrogens with zero attached hydrogens (tertiary/aromatic N) is 3. The molecule has 0 spiro atoms. The van der Waals surface area contributed by atoms with Gasteiger partial charge in [0, 0.05) is 25.8 Å². The molecular formula is C9H18N4O2. The molecule has 6 nitrogen and oxygen atoms in total. The minimum absolute atomic E-state index is 0.0985. The Bertz CT molecular complexity index is 271. The van der Waals surface area contributed by atoms with Gasteiger partial charge in [-0.15, -0.1) is 0 Å². The molecule has 0 aromatic carbocycles. The highest BCUT2D eigenvalue weighted by Gasteiger charge is 2.03. The number of rotatable bonds is 7. The standard InChI is InChI=1S/C9H18N4O2/c10-9-7-11-13(8-9)2-1-12(3-5-14)4-6-15/h7-8,14-15H,1-6,10H2. The van der Waals surface area contributed by atoms with E-state index in [9.17, 15) is 0 Å². The predicted octanol–water partition coefficient (Wildman–Crippen LogP) is -1.25. The number of hydrogen-bond acceptors (Lipinski definition) is 5. The third-order valence-electron chi connectivity index (χ3n) is 2.13. The van der Waals surface area contributed by atoms with Crippen molar-refractivity contribution in [3.05, 3.63) is 12.4 Å². The third kappa shape index (κ3) is 4.28. The Morgan fingerprint density at radius 3 is 2.40 bits per heavy atom. The molecule has 0 saturated heterocycles. The number of nitrogen functional groups attached to an aromatic ring is 1. The van der Waals surface area contributed by atoms with Gasteiger partial charge in [-0.2, -0.15) is 5.10 Å². The van der Waals surface area contributed by atoms with Crippen molar-refractivity contribution in [2.45, 2.75) is 6.54 Å². The van der Waals surface area contributed by atoms with Crippen molar-refractivity contribution in [2.24, 2.45) is 0 Å². The third-order valence-corrected chi connectivity index (χ3v) is 2.13. The van der Waals surface area contributed by atoms with Gasteiger partial charge in [0.25, 0.3) is 0 Å². The van der Waals surface area contributed by atoms with Crippen LogP contribution in [0.15, 0.2) is 12.4 Å². The summed E-state index contributed by atoms with van der Waals surface area (Å²) in [6.45, 7) is 2.77. The summed E-state index contributed by atoms with van der Waals surface area (Å²) in [4.78, 5) is 1.97. The topological polar surface area (TPSA) is 87.5 Å². The van der Waals surface area contributed by atoms with E-state index in [0.717, 1.165) is 6.54 Å². The van der Waals surface area contributed by atoms with Gasteiger partial charge in [-0.3, -0.25) is 9.58 Å². The molecule has 0 saturated carbocycles. The van der Waals surface area contributed by atoms with Crippen molar-refractivity contribution < 1.29 is 10.2 Å². The maximum atomic E-state index is 8.80. The van der Waals surface area contributed by atoms with E-state index in [1.165, 1.54) is 0 Å². The van der Waals surface area contributed by atoms with Crippen LogP contribution in [-0.2, 0) is 6.54 Å². The molecule has 0 atom stereocenters. The average molecular weight is 214 g/mol. The molecule has 1 aromatic rings. The van der Waals surface area contributed by atoms with Crippen LogP contribution in [0.2, 0.25) is 0 Å². The van der Waals surface area contributed by atoms with Crippen molar-refractivity contribution in [1.82, 2.24) is 14.7 Å². The van der Waals surface area contributed by atoms with Gasteiger partial charge in [-0.05, 0) is 0 Å². The summed E-state index contributed by atoms with van der Waals surface area (Å²) in [6.07, 6.45) is 3.36. The second-order valence-corrected chi connectivity index (χ2v) is 3.33. The first-order valence-electron chi connectivity index (χ1n) is 4.98. The maximum Gasteiger partial charge on any atom is 0.0719 e. The summed E-state index contributed by atoms with van der Waals surface area (Å²) >= 11 is 0. The van der Waals surface area contributed by atoms with Gasteiger partial charge in [-0.1, -0.05) is 0 Å². The van der Waals surface area contributed by atoms with E-state index in [0.29, 0.717) is 25.3 Å². The van der Waals surface area contributed by atoms with E-state index in [1.54, 1.807) is 17.1 Å². The Morgan fingerprint density at radius 1 is 1.27 bits per heavy atom. The molecule has 1 heterocycles. The molecule has 1 rings (SSSR count). The lowest BCUT2D eigenvalue weighted by atomic mass is 10.4. The summed E-state index contributed by atoms with van der Waals surface area (Å²) in [6, 6.07) is 0. The van der Waals surface area contributed by atoms with Crippen molar-refractivity contribution in [3.8, 4) is 0 Å². The van der Waals surface area contributed by atoms with E-state index in [1.807, 2.05) is 4.90 Å². The summed E-state index contributed by atoms with van der Waals surface area (Å²) in [7, 11) is 0. The van der Waals surface area contributed by atoms with Gasteiger partial charge in [-0.25, -0.2) is 0 Å². The fourth-order valence-electron chi connectivity index (χ4n) is 1.36. The molecule has 0 aliphatic rings. The van der Waals surface area contributed by atoms with Crippen LogP contribution in [0.25, 0.3) is 0 Å². The number of nitrogens with two attached hydrogens (primary N) is 1. The molecule has 4 N–H and O–H groups in total. The minimum Gasteiger partial charge on any atom is -0.396 e. The first kappa shape index (κ1) is 12.0.